The quantitative estimate of drug-likeness (QED) is 0.465. The van der Waals surface area contributed by atoms with Crippen molar-refractivity contribution in [1.29, 1.82) is 0 Å². The van der Waals surface area contributed by atoms with Gasteiger partial charge in [0.1, 0.15) is 16.7 Å². The lowest BCUT2D eigenvalue weighted by atomic mass is 10.1. The van der Waals surface area contributed by atoms with Gasteiger partial charge in [-0.3, -0.25) is 19.3 Å². The minimum atomic E-state index is -0.879. The molecule has 1 atom stereocenters. The standard InChI is InChI=1S/C23H25N5O4S/c1-13-6-4-5-7-17(13)28(23(31)20-18(24)19(21(25)29)27-33-20)14(2)22(30)26-12-15-8-10-16(32-3)11-9-15/h4-11,14H,12,24H2,1-3H3,(H2,25,29)(H,26,30)/t14-/m1/s1. The van der Waals surface area contributed by atoms with Gasteiger partial charge in [0.15, 0.2) is 5.69 Å². The van der Waals surface area contributed by atoms with Gasteiger partial charge in [-0.1, -0.05) is 30.3 Å². The Morgan fingerprint density at radius 1 is 1.15 bits per heavy atom. The van der Waals surface area contributed by atoms with Gasteiger partial charge < -0.3 is 21.5 Å². The molecule has 0 aliphatic carbocycles. The Hall–Kier alpha value is -3.92. The summed E-state index contributed by atoms with van der Waals surface area (Å²) in [6.07, 6.45) is 0. The van der Waals surface area contributed by atoms with Gasteiger partial charge in [-0.05, 0) is 54.7 Å². The molecule has 172 valence electrons. The van der Waals surface area contributed by atoms with E-state index in [0.717, 1.165) is 22.7 Å². The predicted molar refractivity (Wildman–Crippen MR) is 127 cm³/mol. The molecule has 5 N–H and O–H groups in total. The third-order valence-electron chi connectivity index (χ3n) is 5.14. The molecular formula is C23H25N5O4S. The first-order chi connectivity index (χ1) is 15.7. The molecule has 0 saturated carbocycles. The van der Waals surface area contributed by atoms with E-state index in [1.54, 1.807) is 38.3 Å². The maximum absolute atomic E-state index is 13.5. The Kier molecular flexibility index (Phi) is 7.29. The number of amides is 3. The molecule has 0 aliphatic rings. The van der Waals surface area contributed by atoms with Gasteiger partial charge in [-0.25, -0.2) is 0 Å². The van der Waals surface area contributed by atoms with Crippen molar-refractivity contribution in [2.45, 2.75) is 26.4 Å². The van der Waals surface area contributed by atoms with E-state index in [1.807, 2.05) is 31.2 Å². The second kappa shape index (κ2) is 10.1. The highest BCUT2D eigenvalue weighted by molar-refractivity contribution is 7.09. The average molecular weight is 468 g/mol. The third-order valence-corrected chi connectivity index (χ3v) is 5.99. The second-order valence-electron chi connectivity index (χ2n) is 7.34. The summed E-state index contributed by atoms with van der Waals surface area (Å²) in [6, 6.07) is 13.6. The van der Waals surface area contributed by atoms with Gasteiger partial charge in [0.2, 0.25) is 5.91 Å². The lowest BCUT2D eigenvalue weighted by molar-refractivity contribution is -0.122. The van der Waals surface area contributed by atoms with Crippen LogP contribution in [0, 0.1) is 6.92 Å². The van der Waals surface area contributed by atoms with Crippen LogP contribution in [0.3, 0.4) is 0 Å². The molecule has 0 spiro atoms. The highest BCUT2D eigenvalue weighted by Crippen LogP contribution is 2.29. The van der Waals surface area contributed by atoms with E-state index >= 15 is 0 Å². The molecule has 0 bridgehead atoms. The Morgan fingerprint density at radius 3 is 2.39 bits per heavy atom. The molecule has 3 amide bonds. The number of nitrogens with one attached hydrogen (secondary N) is 1. The first-order valence-electron chi connectivity index (χ1n) is 10.1. The number of para-hydroxylation sites is 1. The van der Waals surface area contributed by atoms with Crippen molar-refractivity contribution in [1.82, 2.24) is 9.69 Å². The number of anilines is 2. The molecule has 3 rings (SSSR count). The van der Waals surface area contributed by atoms with E-state index in [9.17, 15) is 14.4 Å². The minimum Gasteiger partial charge on any atom is -0.497 e. The van der Waals surface area contributed by atoms with Crippen molar-refractivity contribution in [2.24, 2.45) is 5.73 Å². The summed E-state index contributed by atoms with van der Waals surface area (Å²) < 4.78 is 9.06. The number of primary amides is 1. The fourth-order valence-electron chi connectivity index (χ4n) is 3.26. The molecule has 0 fully saturated rings. The average Bonchev–Trinajstić information content (AvgIpc) is 3.20. The van der Waals surface area contributed by atoms with E-state index in [-0.39, 0.29) is 28.7 Å². The molecule has 9 nitrogen and oxygen atoms in total. The van der Waals surface area contributed by atoms with Crippen molar-refractivity contribution in [3.05, 3.63) is 70.2 Å². The third kappa shape index (κ3) is 5.12. The van der Waals surface area contributed by atoms with Crippen LogP contribution in [0.1, 0.15) is 38.2 Å². The number of rotatable bonds is 8. The summed E-state index contributed by atoms with van der Waals surface area (Å²) in [4.78, 5) is 39.5. The maximum Gasteiger partial charge on any atom is 0.272 e. The predicted octanol–water partition coefficient (Wildman–Crippen LogP) is 2.49. The molecule has 1 heterocycles. The summed E-state index contributed by atoms with van der Waals surface area (Å²) in [5.74, 6) is -1.01. The van der Waals surface area contributed by atoms with Crippen molar-refractivity contribution >= 4 is 40.6 Å². The monoisotopic (exact) mass is 467 g/mol. The largest absolute Gasteiger partial charge is 0.497 e. The molecule has 3 aromatic rings. The maximum atomic E-state index is 13.5. The molecular weight excluding hydrogens is 442 g/mol. The summed E-state index contributed by atoms with van der Waals surface area (Å²) in [6.45, 7) is 3.74. The van der Waals surface area contributed by atoms with Crippen LogP contribution in [0.25, 0.3) is 0 Å². The van der Waals surface area contributed by atoms with Crippen molar-refractivity contribution in [2.75, 3.05) is 17.7 Å². The molecule has 0 aliphatic heterocycles. The number of hydrogen-bond acceptors (Lipinski definition) is 7. The van der Waals surface area contributed by atoms with Crippen LogP contribution in [0.5, 0.6) is 5.75 Å². The number of aryl methyl sites for hydroxylation is 1. The first kappa shape index (κ1) is 23.7. The fourth-order valence-corrected chi connectivity index (χ4v) is 4.01. The number of hydrogen-bond donors (Lipinski definition) is 3. The van der Waals surface area contributed by atoms with Gasteiger partial charge in [0.25, 0.3) is 11.8 Å². The molecule has 0 saturated heterocycles. The topological polar surface area (TPSA) is 141 Å². The Bertz CT molecular complexity index is 1180. The van der Waals surface area contributed by atoms with E-state index in [4.69, 9.17) is 16.2 Å². The van der Waals surface area contributed by atoms with E-state index in [2.05, 4.69) is 9.69 Å². The highest BCUT2D eigenvalue weighted by atomic mass is 32.1. The summed E-state index contributed by atoms with van der Waals surface area (Å²) in [7, 11) is 1.58. The van der Waals surface area contributed by atoms with Crippen LogP contribution in [-0.4, -0.2) is 35.2 Å². The van der Waals surface area contributed by atoms with Gasteiger partial charge >= 0.3 is 0 Å². The highest BCUT2D eigenvalue weighted by Gasteiger charge is 2.32. The zero-order valence-electron chi connectivity index (χ0n) is 18.5. The summed E-state index contributed by atoms with van der Waals surface area (Å²) in [5, 5.41) is 2.86. The van der Waals surface area contributed by atoms with Crippen LogP contribution in [0.4, 0.5) is 11.4 Å². The lowest BCUT2D eigenvalue weighted by Crippen LogP contribution is -2.48. The van der Waals surface area contributed by atoms with Crippen LogP contribution in [0.15, 0.2) is 48.5 Å². The molecule has 33 heavy (non-hydrogen) atoms. The van der Waals surface area contributed by atoms with Gasteiger partial charge in [-0.15, -0.1) is 0 Å². The first-order valence-corrected chi connectivity index (χ1v) is 10.9. The second-order valence-corrected chi connectivity index (χ2v) is 8.12. The van der Waals surface area contributed by atoms with Gasteiger partial charge in [0.05, 0.1) is 12.8 Å². The van der Waals surface area contributed by atoms with Crippen LogP contribution < -0.4 is 26.4 Å². The molecule has 10 heteroatoms. The Labute approximate surface area is 195 Å². The molecule has 1 aromatic heterocycles. The molecule has 0 unspecified atom stereocenters. The van der Waals surface area contributed by atoms with Crippen molar-refractivity contribution in [3.63, 3.8) is 0 Å². The number of nitrogen functional groups attached to an aromatic ring is 1. The molecule has 0 radical (unpaired) electrons. The number of nitrogens with zero attached hydrogens (tertiary/aromatic N) is 2. The number of aromatic nitrogens is 1. The number of methoxy groups -OCH3 is 1. The summed E-state index contributed by atoms with van der Waals surface area (Å²) in [5.41, 5.74) is 13.2. The summed E-state index contributed by atoms with van der Waals surface area (Å²) >= 11 is 0.774. The lowest BCUT2D eigenvalue weighted by Gasteiger charge is -2.29. The minimum absolute atomic E-state index is 0.0434. The zero-order chi connectivity index (χ0) is 24.1. The molecule has 2 aromatic carbocycles. The Morgan fingerprint density at radius 2 is 1.82 bits per heavy atom. The van der Waals surface area contributed by atoms with E-state index < -0.39 is 17.9 Å². The number of ether oxygens (including phenoxy) is 1. The SMILES string of the molecule is COc1ccc(CNC(=O)[C@@H](C)N(C(=O)c2snc(C(N)=O)c2N)c2ccccc2C)cc1. The fraction of sp³-hybridized carbons (Fsp3) is 0.217. The number of carbonyl (C=O) groups excluding carboxylic acids is 3. The van der Waals surface area contributed by atoms with Crippen molar-refractivity contribution < 1.29 is 19.1 Å². The van der Waals surface area contributed by atoms with Crippen LogP contribution in [-0.2, 0) is 11.3 Å². The normalized spacial score (nSPS) is 11.5. The van der Waals surface area contributed by atoms with Crippen LogP contribution >= 0.6 is 11.5 Å². The Balaban J connectivity index is 1.88. The van der Waals surface area contributed by atoms with Crippen molar-refractivity contribution in [3.8, 4) is 5.75 Å². The van der Waals surface area contributed by atoms with Crippen LogP contribution in [0.2, 0.25) is 0 Å². The van der Waals surface area contributed by atoms with E-state index in [0.29, 0.717) is 11.4 Å². The smallest absolute Gasteiger partial charge is 0.272 e. The number of nitrogens with two attached hydrogens (primary N) is 2. The number of benzene rings is 2. The zero-order valence-corrected chi connectivity index (χ0v) is 19.3. The number of carbonyl (C=O) groups is 3. The van der Waals surface area contributed by atoms with Gasteiger partial charge in [-0.2, -0.15) is 4.37 Å². The van der Waals surface area contributed by atoms with E-state index in [1.165, 1.54) is 4.90 Å². The van der Waals surface area contributed by atoms with Gasteiger partial charge in [0, 0.05) is 12.2 Å².